The maximum absolute atomic E-state index is 12.4. The lowest BCUT2D eigenvalue weighted by Gasteiger charge is -2.13. The van der Waals surface area contributed by atoms with Gasteiger partial charge in [0.1, 0.15) is 12.2 Å². The summed E-state index contributed by atoms with van der Waals surface area (Å²) in [4.78, 5) is 12.4. The number of para-hydroxylation sites is 1. The van der Waals surface area contributed by atoms with Gasteiger partial charge in [-0.3, -0.25) is 4.79 Å². The van der Waals surface area contributed by atoms with Crippen molar-refractivity contribution in [3.8, 4) is 23.0 Å². The lowest BCUT2D eigenvalue weighted by molar-refractivity contribution is 0.0929. The number of carbonyl (C=O) groups excluding carboxylic acids is 1. The number of fused-ring (bicyclic) bond motifs is 2. The fraction of sp³-hybridized carbons (Fsp3) is 0.120. The maximum atomic E-state index is 12.4. The smallest absolute Gasteiger partial charge is 0.307 e. The summed E-state index contributed by atoms with van der Waals surface area (Å²) in [7, 11) is 1.56. The average Bonchev–Trinajstić information content (AvgIpc) is 3.50. The molecule has 1 amide bonds. The monoisotopic (exact) mass is 522 g/mol. The molecule has 1 aliphatic heterocycles. The van der Waals surface area contributed by atoms with Crippen LogP contribution in [0.1, 0.15) is 21.7 Å². The van der Waals surface area contributed by atoms with Crippen LogP contribution in [0.2, 0.25) is 0 Å². The Hall–Kier alpha value is -3.98. The van der Waals surface area contributed by atoms with E-state index >= 15 is 0 Å². The summed E-state index contributed by atoms with van der Waals surface area (Å²) in [5.41, 5.74) is 4.74. The molecular weight excluding hydrogens is 504 g/mol. The van der Waals surface area contributed by atoms with Gasteiger partial charge in [0.15, 0.2) is 28.8 Å². The molecule has 1 N–H and O–H groups in total. The Balaban J connectivity index is 1.26. The number of hydrazone groups is 1. The van der Waals surface area contributed by atoms with Gasteiger partial charge >= 0.3 is 5.91 Å². The second-order valence-electron chi connectivity index (χ2n) is 7.35. The van der Waals surface area contributed by atoms with E-state index in [9.17, 15) is 4.79 Å². The normalized spacial score (nSPS) is 12.3. The molecule has 9 heteroatoms. The zero-order chi connectivity index (χ0) is 23.5. The third kappa shape index (κ3) is 4.55. The number of hydrogen-bond donors (Lipinski definition) is 1. The van der Waals surface area contributed by atoms with Gasteiger partial charge in [-0.05, 0) is 57.9 Å². The summed E-state index contributed by atoms with van der Waals surface area (Å²) >= 11 is 3.52. The van der Waals surface area contributed by atoms with Crippen LogP contribution in [0.15, 0.2) is 74.7 Å². The Labute approximate surface area is 203 Å². The van der Waals surface area contributed by atoms with Gasteiger partial charge in [-0.15, -0.1) is 0 Å². The van der Waals surface area contributed by atoms with E-state index < -0.39 is 5.91 Å². The first-order valence-corrected chi connectivity index (χ1v) is 11.1. The minimum absolute atomic E-state index is 0.183. The Bertz CT molecular complexity index is 1360. The fourth-order valence-corrected chi connectivity index (χ4v) is 3.85. The van der Waals surface area contributed by atoms with Crippen LogP contribution >= 0.6 is 15.9 Å². The molecule has 0 bridgehead atoms. The van der Waals surface area contributed by atoms with Gasteiger partial charge < -0.3 is 23.4 Å². The molecule has 0 aliphatic carbocycles. The van der Waals surface area contributed by atoms with Gasteiger partial charge in [0.05, 0.1) is 13.3 Å². The number of hydrogen-bond acceptors (Lipinski definition) is 7. The molecule has 0 spiro atoms. The molecule has 3 aromatic carbocycles. The molecule has 0 unspecified atom stereocenters. The van der Waals surface area contributed by atoms with E-state index in [1.54, 1.807) is 31.4 Å². The molecular formula is C25H19BrN2O6. The molecule has 4 aromatic rings. The van der Waals surface area contributed by atoms with Crippen LogP contribution in [0.25, 0.3) is 11.0 Å². The third-order valence-electron chi connectivity index (χ3n) is 5.13. The van der Waals surface area contributed by atoms with E-state index in [1.165, 1.54) is 6.21 Å². The highest BCUT2D eigenvalue weighted by atomic mass is 79.9. The van der Waals surface area contributed by atoms with Crippen LogP contribution in [-0.4, -0.2) is 26.0 Å². The van der Waals surface area contributed by atoms with Crippen molar-refractivity contribution in [1.29, 1.82) is 0 Å². The number of benzene rings is 3. The number of nitrogens with zero attached hydrogens (tertiary/aromatic N) is 1. The Morgan fingerprint density at radius 1 is 1.09 bits per heavy atom. The highest BCUT2D eigenvalue weighted by Gasteiger charge is 2.15. The van der Waals surface area contributed by atoms with Crippen molar-refractivity contribution in [2.75, 3.05) is 13.9 Å². The van der Waals surface area contributed by atoms with Crippen molar-refractivity contribution in [2.24, 2.45) is 5.10 Å². The zero-order valence-corrected chi connectivity index (χ0v) is 19.6. The molecule has 34 heavy (non-hydrogen) atoms. The zero-order valence-electron chi connectivity index (χ0n) is 18.0. The topological polar surface area (TPSA) is 91.5 Å². The first-order valence-electron chi connectivity index (χ1n) is 10.3. The van der Waals surface area contributed by atoms with Crippen molar-refractivity contribution < 1.29 is 28.2 Å². The Morgan fingerprint density at radius 3 is 2.79 bits per heavy atom. The van der Waals surface area contributed by atoms with E-state index in [0.717, 1.165) is 21.2 Å². The quantitative estimate of drug-likeness (QED) is 0.262. The van der Waals surface area contributed by atoms with Gasteiger partial charge in [-0.1, -0.05) is 24.3 Å². The Kier molecular flexibility index (Phi) is 6.09. The second kappa shape index (κ2) is 9.48. The second-order valence-corrected chi connectivity index (χ2v) is 8.20. The van der Waals surface area contributed by atoms with E-state index in [1.807, 2.05) is 36.4 Å². The van der Waals surface area contributed by atoms with Gasteiger partial charge in [-0.25, -0.2) is 5.43 Å². The van der Waals surface area contributed by atoms with E-state index in [-0.39, 0.29) is 12.6 Å². The predicted molar refractivity (Wildman–Crippen MR) is 129 cm³/mol. The minimum Gasteiger partial charge on any atom is -0.493 e. The van der Waals surface area contributed by atoms with E-state index in [2.05, 4.69) is 26.5 Å². The third-order valence-corrected chi connectivity index (χ3v) is 5.82. The summed E-state index contributed by atoms with van der Waals surface area (Å²) in [5, 5.41) is 4.89. The first-order chi connectivity index (χ1) is 16.6. The van der Waals surface area contributed by atoms with Crippen LogP contribution in [0, 0.1) is 0 Å². The van der Waals surface area contributed by atoms with Gasteiger partial charge in [0.2, 0.25) is 6.79 Å². The average molecular weight is 523 g/mol. The van der Waals surface area contributed by atoms with Crippen LogP contribution in [0.4, 0.5) is 0 Å². The van der Waals surface area contributed by atoms with Gasteiger partial charge in [0.25, 0.3) is 0 Å². The van der Waals surface area contributed by atoms with Crippen LogP contribution in [0.5, 0.6) is 23.0 Å². The van der Waals surface area contributed by atoms with Crippen molar-refractivity contribution in [1.82, 2.24) is 5.43 Å². The molecule has 1 aliphatic rings. The number of methoxy groups -OCH3 is 1. The Morgan fingerprint density at radius 2 is 1.94 bits per heavy atom. The number of carbonyl (C=O) groups is 1. The maximum Gasteiger partial charge on any atom is 0.307 e. The number of ether oxygens (including phenoxy) is 4. The van der Waals surface area contributed by atoms with Crippen molar-refractivity contribution in [3.63, 3.8) is 0 Å². The summed E-state index contributed by atoms with van der Waals surface area (Å²) in [6, 6.07) is 18.3. The lowest BCUT2D eigenvalue weighted by atomic mass is 10.2. The molecule has 0 atom stereocenters. The summed E-state index contributed by atoms with van der Waals surface area (Å²) in [5.74, 6) is 2.23. The van der Waals surface area contributed by atoms with Crippen LogP contribution in [-0.2, 0) is 6.61 Å². The lowest BCUT2D eigenvalue weighted by Crippen LogP contribution is -2.16. The number of nitrogens with one attached hydrogen (secondary N) is 1. The number of furan rings is 1. The van der Waals surface area contributed by atoms with Crippen LogP contribution < -0.4 is 24.4 Å². The van der Waals surface area contributed by atoms with E-state index in [4.69, 9.17) is 23.4 Å². The SMILES string of the molecule is COc1cc(/C=N/NC(=O)c2cc3ccccc3o2)c(Br)cc1OCc1ccc2c(c1)OCO2. The molecule has 0 saturated heterocycles. The van der Waals surface area contributed by atoms with Gasteiger partial charge in [0, 0.05) is 15.4 Å². The summed E-state index contributed by atoms with van der Waals surface area (Å²) in [6.45, 7) is 0.544. The molecule has 0 radical (unpaired) electrons. The highest BCUT2D eigenvalue weighted by molar-refractivity contribution is 9.10. The van der Waals surface area contributed by atoms with Crippen LogP contribution in [0.3, 0.4) is 0 Å². The number of rotatable bonds is 7. The number of halogens is 1. The first kappa shape index (κ1) is 21.8. The standard InChI is InChI=1S/C25H19BrN2O6/c1-30-21-10-17(12-27-28-25(29)24-9-16-4-2-3-5-19(16)34-24)18(26)11-23(21)31-13-15-6-7-20-22(8-15)33-14-32-20/h2-12H,13-14H2,1H3,(H,28,29)/b27-12+. The molecule has 5 rings (SSSR count). The predicted octanol–water partition coefficient (Wildman–Crippen LogP) is 5.28. The van der Waals surface area contributed by atoms with Crippen molar-refractivity contribution in [3.05, 3.63) is 82.0 Å². The number of amides is 1. The fourth-order valence-electron chi connectivity index (χ4n) is 3.42. The molecule has 1 aromatic heterocycles. The highest BCUT2D eigenvalue weighted by Crippen LogP contribution is 2.35. The van der Waals surface area contributed by atoms with Crippen molar-refractivity contribution >= 4 is 39.0 Å². The largest absolute Gasteiger partial charge is 0.493 e. The molecule has 0 saturated carbocycles. The molecule has 8 nitrogen and oxygen atoms in total. The van der Waals surface area contributed by atoms with Gasteiger partial charge in [-0.2, -0.15) is 5.10 Å². The minimum atomic E-state index is -0.445. The molecule has 2 heterocycles. The molecule has 0 fully saturated rings. The van der Waals surface area contributed by atoms with Crippen molar-refractivity contribution in [2.45, 2.75) is 6.61 Å². The molecule has 172 valence electrons. The van der Waals surface area contributed by atoms with E-state index in [0.29, 0.717) is 35.0 Å². The summed E-state index contributed by atoms with van der Waals surface area (Å²) < 4.78 is 28.5. The summed E-state index contributed by atoms with van der Waals surface area (Å²) in [6.07, 6.45) is 1.51.